The standard InChI is InChI=1S/C19H23FN4O3/c1-11(2)12-3-5-13(6-4-12)24-14-7-8-23(19(25)26)15-9-21-10-16(20)27-18(22-24)17(14)15/h3-6,11,15-16,21H,7-10H2,1-2H3,(H,25,26). The Labute approximate surface area is 156 Å². The van der Waals surface area contributed by atoms with Crippen molar-refractivity contribution in [2.75, 3.05) is 19.6 Å². The monoisotopic (exact) mass is 374 g/mol. The minimum Gasteiger partial charge on any atom is -0.465 e. The van der Waals surface area contributed by atoms with Crippen LogP contribution in [0.2, 0.25) is 0 Å². The molecule has 3 heterocycles. The van der Waals surface area contributed by atoms with Crippen LogP contribution in [0.25, 0.3) is 5.69 Å². The third-order valence-corrected chi connectivity index (χ3v) is 5.22. The van der Waals surface area contributed by atoms with E-state index in [-0.39, 0.29) is 12.4 Å². The van der Waals surface area contributed by atoms with E-state index < -0.39 is 18.5 Å². The predicted octanol–water partition coefficient (Wildman–Crippen LogP) is 2.85. The van der Waals surface area contributed by atoms with Gasteiger partial charge in [0, 0.05) is 19.5 Å². The molecule has 0 spiro atoms. The summed E-state index contributed by atoms with van der Waals surface area (Å²) in [6, 6.07) is 7.62. The molecule has 0 bridgehead atoms. The summed E-state index contributed by atoms with van der Waals surface area (Å²) in [4.78, 5) is 13.0. The van der Waals surface area contributed by atoms with E-state index in [2.05, 4.69) is 36.4 Å². The van der Waals surface area contributed by atoms with Gasteiger partial charge in [0.1, 0.15) is 0 Å². The fourth-order valence-corrected chi connectivity index (χ4v) is 3.79. The van der Waals surface area contributed by atoms with Gasteiger partial charge in [0.15, 0.2) is 0 Å². The molecule has 2 aliphatic heterocycles. The highest BCUT2D eigenvalue weighted by molar-refractivity contribution is 5.67. The molecular weight excluding hydrogens is 351 g/mol. The maximum atomic E-state index is 14.0. The highest BCUT2D eigenvalue weighted by atomic mass is 19.1. The number of nitrogens with zero attached hydrogens (tertiary/aromatic N) is 3. The number of benzene rings is 1. The molecule has 0 saturated heterocycles. The van der Waals surface area contributed by atoms with Crippen molar-refractivity contribution < 1.29 is 19.0 Å². The molecule has 1 aromatic heterocycles. The summed E-state index contributed by atoms with van der Waals surface area (Å²) in [6.45, 7) is 4.95. The Kier molecular flexibility index (Phi) is 4.51. The summed E-state index contributed by atoms with van der Waals surface area (Å²) in [5.41, 5.74) is 3.61. The van der Waals surface area contributed by atoms with Gasteiger partial charge in [-0.2, -0.15) is 0 Å². The molecule has 0 radical (unpaired) electrons. The molecule has 27 heavy (non-hydrogen) atoms. The van der Waals surface area contributed by atoms with E-state index in [9.17, 15) is 14.3 Å². The van der Waals surface area contributed by atoms with E-state index in [0.29, 0.717) is 31.0 Å². The molecule has 4 rings (SSSR count). The van der Waals surface area contributed by atoms with Gasteiger partial charge in [-0.15, -0.1) is 5.10 Å². The van der Waals surface area contributed by atoms with E-state index in [1.807, 2.05) is 12.1 Å². The summed E-state index contributed by atoms with van der Waals surface area (Å²) < 4.78 is 21.2. The molecular formula is C19H23FN4O3. The second-order valence-corrected chi connectivity index (χ2v) is 7.25. The number of ether oxygens (including phenoxy) is 1. The van der Waals surface area contributed by atoms with Crippen LogP contribution >= 0.6 is 0 Å². The molecule has 8 heteroatoms. The van der Waals surface area contributed by atoms with Crippen molar-refractivity contribution in [2.45, 2.75) is 38.6 Å². The molecule has 1 amide bonds. The molecule has 2 unspecified atom stereocenters. The van der Waals surface area contributed by atoms with Crippen LogP contribution in [-0.4, -0.2) is 51.9 Å². The molecule has 7 nitrogen and oxygen atoms in total. The van der Waals surface area contributed by atoms with Gasteiger partial charge < -0.3 is 15.2 Å². The lowest BCUT2D eigenvalue weighted by Gasteiger charge is -2.35. The van der Waals surface area contributed by atoms with Gasteiger partial charge in [0.25, 0.3) is 6.36 Å². The topological polar surface area (TPSA) is 79.6 Å². The number of carbonyl (C=O) groups is 1. The molecule has 2 aliphatic rings. The first kappa shape index (κ1) is 17.8. The van der Waals surface area contributed by atoms with Crippen LogP contribution in [0.15, 0.2) is 24.3 Å². The van der Waals surface area contributed by atoms with Gasteiger partial charge in [-0.3, -0.25) is 4.90 Å². The maximum absolute atomic E-state index is 14.0. The SMILES string of the molecule is CC(C)c1ccc(-n2nc3c4c2CCN(C(=O)O)C4CNCC(F)O3)cc1. The summed E-state index contributed by atoms with van der Waals surface area (Å²) >= 11 is 0. The Hall–Kier alpha value is -2.61. The van der Waals surface area contributed by atoms with Crippen LogP contribution in [0.1, 0.15) is 42.6 Å². The zero-order chi connectivity index (χ0) is 19.1. The van der Waals surface area contributed by atoms with Crippen LogP contribution in [0.5, 0.6) is 5.88 Å². The van der Waals surface area contributed by atoms with Gasteiger partial charge in [-0.1, -0.05) is 26.0 Å². The summed E-state index contributed by atoms with van der Waals surface area (Å²) in [7, 11) is 0. The minimum atomic E-state index is -1.53. The lowest BCUT2D eigenvalue weighted by atomic mass is 9.98. The molecule has 2 aromatic rings. The Morgan fingerprint density at radius 1 is 1.33 bits per heavy atom. The van der Waals surface area contributed by atoms with E-state index >= 15 is 0 Å². The molecule has 1 aromatic carbocycles. The number of nitrogens with one attached hydrogen (secondary N) is 1. The smallest absolute Gasteiger partial charge is 0.407 e. The number of hydrogen-bond donors (Lipinski definition) is 2. The van der Waals surface area contributed by atoms with Crippen molar-refractivity contribution in [3.05, 3.63) is 41.1 Å². The van der Waals surface area contributed by atoms with E-state index in [0.717, 1.165) is 11.4 Å². The van der Waals surface area contributed by atoms with E-state index in [1.165, 1.54) is 10.5 Å². The summed E-state index contributed by atoms with van der Waals surface area (Å²) in [5, 5.41) is 17.0. The van der Waals surface area contributed by atoms with Crippen molar-refractivity contribution in [3.63, 3.8) is 0 Å². The van der Waals surface area contributed by atoms with Crippen LogP contribution in [0.3, 0.4) is 0 Å². The number of hydrogen-bond acceptors (Lipinski definition) is 4. The fourth-order valence-electron chi connectivity index (χ4n) is 3.79. The van der Waals surface area contributed by atoms with Crippen molar-refractivity contribution >= 4 is 6.09 Å². The van der Waals surface area contributed by atoms with Crippen LogP contribution in [0, 0.1) is 0 Å². The van der Waals surface area contributed by atoms with E-state index in [4.69, 9.17) is 4.74 Å². The third kappa shape index (κ3) is 3.14. The van der Waals surface area contributed by atoms with Crippen LogP contribution in [0.4, 0.5) is 9.18 Å². The molecule has 2 atom stereocenters. The zero-order valence-electron chi connectivity index (χ0n) is 15.4. The van der Waals surface area contributed by atoms with Gasteiger partial charge >= 0.3 is 6.09 Å². The molecule has 2 N–H and O–H groups in total. The van der Waals surface area contributed by atoms with Crippen LogP contribution in [-0.2, 0) is 6.42 Å². The Morgan fingerprint density at radius 3 is 2.74 bits per heavy atom. The number of halogens is 1. The lowest BCUT2D eigenvalue weighted by Crippen LogP contribution is -2.46. The maximum Gasteiger partial charge on any atom is 0.407 e. The minimum absolute atomic E-state index is 0.00528. The second-order valence-electron chi connectivity index (χ2n) is 7.25. The van der Waals surface area contributed by atoms with Crippen molar-refractivity contribution in [1.82, 2.24) is 20.0 Å². The average Bonchev–Trinajstić information content (AvgIpc) is 2.98. The third-order valence-electron chi connectivity index (χ3n) is 5.22. The number of alkyl halides is 1. The summed E-state index contributed by atoms with van der Waals surface area (Å²) in [6.07, 6.45) is -2.02. The second kappa shape index (κ2) is 6.84. The Bertz CT molecular complexity index is 849. The Balaban J connectivity index is 1.81. The van der Waals surface area contributed by atoms with Gasteiger partial charge in [0.2, 0.25) is 5.88 Å². The highest BCUT2D eigenvalue weighted by Gasteiger charge is 2.39. The molecule has 0 saturated carbocycles. The Morgan fingerprint density at radius 2 is 2.07 bits per heavy atom. The number of amides is 1. The number of rotatable bonds is 2. The fraction of sp³-hybridized carbons (Fsp3) is 0.474. The van der Waals surface area contributed by atoms with Crippen molar-refractivity contribution in [1.29, 1.82) is 0 Å². The predicted molar refractivity (Wildman–Crippen MR) is 97.2 cm³/mol. The lowest BCUT2D eigenvalue weighted by molar-refractivity contribution is 0.0487. The quantitative estimate of drug-likeness (QED) is 0.845. The van der Waals surface area contributed by atoms with Gasteiger partial charge in [-0.05, 0) is 23.6 Å². The normalized spacial score (nSPS) is 22.0. The number of aromatic nitrogens is 2. The highest BCUT2D eigenvalue weighted by Crippen LogP contribution is 2.38. The largest absolute Gasteiger partial charge is 0.465 e. The molecule has 0 aliphatic carbocycles. The van der Waals surface area contributed by atoms with Gasteiger partial charge in [0.05, 0.1) is 29.5 Å². The van der Waals surface area contributed by atoms with Crippen molar-refractivity contribution in [3.8, 4) is 11.6 Å². The average molecular weight is 374 g/mol. The van der Waals surface area contributed by atoms with Crippen LogP contribution < -0.4 is 10.1 Å². The van der Waals surface area contributed by atoms with Gasteiger partial charge in [-0.25, -0.2) is 13.9 Å². The molecule has 144 valence electrons. The summed E-state index contributed by atoms with van der Waals surface area (Å²) in [5.74, 6) is 0.605. The van der Waals surface area contributed by atoms with Crippen molar-refractivity contribution in [2.24, 2.45) is 0 Å². The first-order chi connectivity index (χ1) is 13.0. The first-order valence-electron chi connectivity index (χ1n) is 9.19. The first-order valence-corrected chi connectivity index (χ1v) is 9.19. The molecule has 0 fully saturated rings. The van der Waals surface area contributed by atoms with E-state index in [1.54, 1.807) is 4.68 Å². The number of carboxylic acid groups (broad SMARTS) is 1. The zero-order valence-corrected chi connectivity index (χ0v) is 15.4.